The van der Waals surface area contributed by atoms with Crippen molar-refractivity contribution in [3.8, 4) is 5.75 Å². The van der Waals surface area contributed by atoms with E-state index in [0.29, 0.717) is 33.7 Å². The van der Waals surface area contributed by atoms with Gasteiger partial charge in [-0.1, -0.05) is 23.4 Å². The number of carbonyl (C=O) groups is 3. The lowest BCUT2D eigenvalue weighted by Crippen LogP contribution is -2.21. The SMILES string of the molecule is CCn1c(COc2ccc(F)cc2Cl)nnc1SCC(=O)Nc1sc(C(=O)N(C)C)c(C)c1C(=O)OC. The van der Waals surface area contributed by atoms with Crippen molar-refractivity contribution in [2.75, 3.05) is 32.3 Å². The summed E-state index contributed by atoms with van der Waals surface area (Å²) in [6, 6.07) is 3.82. The number of methoxy groups -OCH3 is 1. The van der Waals surface area contributed by atoms with Gasteiger partial charge in [0.25, 0.3) is 5.91 Å². The zero-order valence-corrected chi connectivity index (χ0v) is 23.1. The van der Waals surface area contributed by atoms with Crippen LogP contribution in [0.3, 0.4) is 0 Å². The van der Waals surface area contributed by atoms with Crippen LogP contribution in [0, 0.1) is 12.7 Å². The number of nitrogens with one attached hydrogen (secondary N) is 1. The summed E-state index contributed by atoms with van der Waals surface area (Å²) in [5.74, 6) is -1.02. The summed E-state index contributed by atoms with van der Waals surface area (Å²) in [4.78, 5) is 39.3. The van der Waals surface area contributed by atoms with E-state index in [1.807, 2.05) is 6.92 Å². The lowest BCUT2D eigenvalue weighted by atomic mass is 10.1. The van der Waals surface area contributed by atoms with Crippen LogP contribution in [0.1, 0.15) is 38.3 Å². The largest absolute Gasteiger partial charge is 0.484 e. The third-order valence-electron chi connectivity index (χ3n) is 5.08. The average molecular weight is 570 g/mol. The number of benzene rings is 1. The first-order chi connectivity index (χ1) is 17.6. The number of nitrogens with zero attached hydrogens (tertiary/aromatic N) is 4. The summed E-state index contributed by atoms with van der Waals surface area (Å²) in [7, 11) is 4.44. The maximum Gasteiger partial charge on any atom is 0.341 e. The number of hydrogen-bond donors (Lipinski definition) is 1. The molecular weight excluding hydrogens is 545 g/mol. The van der Waals surface area contributed by atoms with Crippen LogP contribution in [0.2, 0.25) is 5.02 Å². The quantitative estimate of drug-likeness (QED) is 0.284. The Labute approximate surface area is 226 Å². The molecule has 3 aromatic rings. The molecule has 1 N–H and O–H groups in total. The second kappa shape index (κ2) is 12.4. The zero-order valence-electron chi connectivity index (χ0n) is 20.8. The molecule has 2 amide bonds. The van der Waals surface area contributed by atoms with Crippen molar-refractivity contribution in [3.05, 3.63) is 50.9 Å². The van der Waals surface area contributed by atoms with E-state index in [2.05, 4.69) is 15.5 Å². The van der Waals surface area contributed by atoms with Crippen LogP contribution >= 0.6 is 34.7 Å². The fraction of sp³-hybridized carbons (Fsp3) is 0.348. The molecule has 0 atom stereocenters. The molecule has 0 radical (unpaired) electrons. The van der Waals surface area contributed by atoms with Gasteiger partial charge in [-0.15, -0.1) is 21.5 Å². The number of hydrogen-bond acceptors (Lipinski definition) is 9. The Kier molecular flexibility index (Phi) is 9.51. The highest BCUT2D eigenvalue weighted by Gasteiger charge is 2.27. The second-order valence-electron chi connectivity index (χ2n) is 7.79. The van der Waals surface area contributed by atoms with Crippen molar-refractivity contribution in [2.45, 2.75) is 32.2 Å². The van der Waals surface area contributed by atoms with Gasteiger partial charge in [-0.3, -0.25) is 9.59 Å². The third-order valence-corrected chi connectivity index (χ3v) is 7.54. The number of amides is 2. The van der Waals surface area contributed by atoms with Crippen LogP contribution in [-0.4, -0.2) is 64.4 Å². The molecule has 2 heterocycles. The van der Waals surface area contributed by atoms with E-state index in [9.17, 15) is 18.8 Å². The van der Waals surface area contributed by atoms with Crippen molar-refractivity contribution in [2.24, 2.45) is 0 Å². The standard InChI is InChI=1S/C23H25ClFN5O5S2/c1-6-30-16(10-35-15-8-7-13(25)9-14(15)24)27-28-23(30)36-11-17(31)26-20-18(22(33)34-5)12(2)19(37-20)21(32)29(3)4/h7-9H,6,10-11H2,1-5H3,(H,26,31). The summed E-state index contributed by atoms with van der Waals surface area (Å²) in [6.45, 7) is 4.08. The minimum absolute atomic E-state index is 0.0305. The number of halogens is 2. The van der Waals surface area contributed by atoms with Gasteiger partial charge < -0.3 is 24.3 Å². The Hall–Kier alpha value is -3.16. The summed E-state index contributed by atoms with van der Waals surface area (Å²) >= 11 is 8.17. The van der Waals surface area contributed by atoms with Gasteiger partial charge in [-0.05, 0) is 37.6 Å². The van der Waals surface area contributed by atoms with Crippen molar-refractivity contribution in [3.63, 3.8) is 0 Å². The lowest BCUT2D eigenvalue weighted by molar-refractivity contribution is -0.113. The van der Waals surface area contributed by atoms with E-state index in [1.54, 1.807) is 25.6 Å². The number of rotatable bonds is 10. The zero-order chi connectivity index (χ0) is 27.3. The van der Waals surface area contributed by atoms with Gasteiger partial charge >= 0.3 is 5.97 Å². The maximum atomic E-state index is 13.2. The summed E-state index contributed by atoms with van der Waals surface area (Å²) < 4.78 is 25.5. The molecule has 37 heavy (non-hydrogen) atoms. The highest BCUT2D eigenvalue weighted by Crippen LogP contribution is 2.34. The number of esters is 1. The van der Waals surface area contributed by atoms with Crippen molar-refractivity contribution in [1.82, 2.24) is 19.7 Å². The summed E-state index contributed by atoms with van der Waals surface area (Å²) in [6.07, 6.45) is 0. The average Bonchev–Trinajstić information content (AvgIpc) is 3.40. The first-order valence-electron chi connectivity index (χ1n) is 10.9. The van der Waals surface area contributed by atoms with Crippen LogP contribution in [0.4, 0.5) is 9.39 Å². The van der Waals surface area contributed by atoms with E-state index in [-0.39, 0.29) is 33.9 Å². The minimum Gasteiger partial charge on any atom is -0.484 e. The summed E-state index contributed by atoms with van der Waals surface area (Å²) in [5.41, 5.74) is 0.585. The van der Waals surface area contributed by atoms with E-state index < -0.39 is 17.7 Å². The minimum atomic E-state index is -0.647. The molecular formula is C23H25ClFN5O5S2. The van der Waals surface area contributed by atoms with Crippen molar-refractivity contribution < 1.29 is 28.2 Å². The topological polar surface area (TPSA) is 116 Å². The second-order valence-corrected chi connectivity index (χ2v) is 10.2. The van der Waals surface area contributed by atoms with E-state index in [0.717, 1.165) is 29.2 Å². The third kappa shape index (κ3) is 6.59. The molecule has 0 fully saturated rings. The number of aromatic nitrogens is 3. The molecule has 2 aromatic heterocycles. The molecule has 3 rings (SSSR count). The molecule has 0 bridgehead atoms. The van der Waals surface area contributed by atoms with Crippen LogP contribution in [0.25, 0.3) is 0 Å². The Bertz CT molecular complexity index is 1330. The molecule has 198 valence electrons. The van der Waals surface area contributed by atoms with Crippen LogP contribution < -0.4 is 10.1 Å². The van der Waals surface area contributed by atoms with Crippen molar-refractivity contribution >= 4 is 57.5 Å². The van der Waals surface area contributed by atoms with Gasteiger partial charge in [0.1, 0.15) is 23.2 Å². The van der Waals surface area contributed by atoms with Crippen LogP contribution in [0.5, 0.6) is 5.75 Å². The van der Waals surface area contributed by atoms with Gasteiger partial charge in [0.05, 0.1) is 28.3 Å². The first kappa shape index (κ1) is 28.4. The Morgan fingerprint density at radius 2 is 2.00 bits per heavy atom. The van der Waals surface area contributed by atoms with Crippen LogP contribution in [0.15, 0.2) is 23.4 Å². The molecule has 0 unspecified atom stereocenters. The molecule has 0 aliphatic heterocycles. The molecule has 0 aliphatic carbocycles. The molecule has 0 aliphatic rings. The molecule has 1 aromatic carbocycles. The van der Waals surface area contributed by atoms with Gasteiger partial charge in [0.15, 0.2) is 11.0 Å². The van der Waals surface area contributed by atoms with E-state index in [1.165, 1.54) is 24.1 Å². The smallest absolute Gasteiger partial charge is 0.341 e. The number of thiophene rings is 1. The molecule has 0 saturated carbocycles. The van der Waals surface area contributed by atoms with Crippen LogP contribution in [-0.2, 0) is 22.7 Å². The number of carbonyl (C=O) groups excluding carboxylic acids is 3. The Morgan fingerprint density at radius 1 is 1.27 bits per heavy atom. The summed E-state index contributed by atoms with van der Waals surface area (Å²) in [5, 5.41) is 11.8. The lowest BCUT2D eigenvalue weighted by Gasteiger charge is -2.10. The Morgan fingerprint density at radius 3 is 2.62 bits per heavy atom. The number of thioether (sulfide) groups is 1. The predicted octanol–water partition coefficient (Wildman–Crippen LogP) is 4.26. The van der Waals surface area contributed by atoms with E-state index in [4.69, 9.17) is 21.1 Å². The van der Waals surface area contributed by atoms with Crippen molar-refractivity contribution in [1.29, 1.82) is 0 Å². The normalized spacial score (nSPS) is 10.8. The number of ether oxygens (including phenoxy) is 2. The number of anilines is 1. The fourth-order valence-electron chi connectivity index (χ4n) is 3.23. The van der Waals surface area contributed by atoms with E-state index >= 15 is 0 Å². The van der Waals surface area contributed by atoms with Gasteiger partial charge in [0, 0.05) is 20.6 Å². The highest BCUT2D eigenvalue weighted by atomic mass is 35.5. The first-order valence-corrected chi connectivity index (χ1v) is 13.1. The Balaban J connectivity index is 1.70. The monoisotopic (exact) mass is 569 g/mol. The predicted molar refractivity (Wildman–Crippen MR) is 139 cm³/mol. The molecule has 10 nitrogen and oxygen atoms in total. The fourth-order valence-corrected chi connectivity index (χ4v) is 5.51. The van der Waals surface area contributed by atoms with Gasteiger partial charge in [0.2, 0.25) is 5.91 Å². The molecule has 0 saturated heterocycles. The maximum absolute atomic E-state index is 13.2. The molecule has 0 spiro atoms. The highest BCUT2D eigenvalue weighted by molar-refractivity contribution is 7.99. The van der Waals surface area contributed by atoms with Gasteiger partial charge in [-0.2, -0.15) is 0 Å². The molecule has 14 heteroatoms. The van der Waals surface area contributed by atoms with Gasteiger partial charge in [-0.25, -0.2) is 9.18 Å².